The molecule has 1 fully saturated rings. The summed E-state index contributed by atoms with van der Waals surface area (Å²) in [7, 11) is 0. The van der Waals surface area contributed by atoms with Gasteiger partial charge in [0.25, 0.3) is 11.8 Å². The van der Waals surface area contributed by atoms with Crippen LogP contribution in [0.3, 0.4) is 0 Å². The molecule has 2 amide bonds. The van der Waals surface area contributed by atoms with Crippen LogP contribution in [0.25, 0.3) is 0 Å². The maximum Gasteiger partial charge on any atom is 0.255 e. The highest BCUT2D eigenvalue weighted by atomic mass is 16.2. The Balaban J connectivity index is 1.71. The normalized spacial score (nSPS) is 16.7. The Morgan fingerprint density at radius 1 is 1.00 bits per heavy atom. The van der Waals surface area contributed by atoms with Crippen LogP contribution in [0.5, 0.6) is 0 Å². The molecular weight excluding hydrogens is 340 g/mol. The number of ketones is 1. The lowest BCUT2D eigenvalue weighted by Crippen LogP contribution is -2.39. The highest BCUT2D eigenvalue weighted by Crippen LogP contribution is 2.19. The number of Topliss-reactive ketones (excluding diaryl/α,β-unsaturated/α-hetero) is 1. The van der Waals surface area contributed by atoms with Gasteiger partial charge >= 0.3 is 0 Å². The predicted molar refractivity (Wildman–Crippen MR) is 105 cm³/mol. The lowest BCUT2D eigenvalue weighted by Gasteiger charge is -2.31. The first-order chi connectivity index (χ1) is 12.9. The quantitative estimate of drug-likeness (QED) is 0.834. The molecule has 2 aromatic rings. The minimum absolute atomic E-state index is 0.0221. The number of piperidine rings is 1. The van der Waals surface area contributed by atoms with Crippen LogP contribution >= 0.6 is 0 Å². The van der Waals surface area contributed by atoms with Gasteiger partial charge in [0, 0.05) is 35.5 Å². The van der Waals surface area contributed by atoms with Crippen molar-refractivity contribution in [3.63, 3.8) is 0 Å². The van der Waals surface area contributed by atoms with E-state index >= 15 is 0 Å². The van der Waals surface area contributed by atoms with E-state index in [2.05, 4.69) is 12.2 Å². The summed E-state index contributed by atoms with van der Waals surface area (Å²) < 4.78 is 0. The maximum absolute atomic E-state index is 12.7. The van der Waals surface area contributed by atoms with E-state index in [0.29, 0.717) is 28.3 Å². The first-order valence-corrected chi connectivity index (χ1v) is 9.26. The Kier molecular flexibility index (Phi) is 5.69. The van der Waals surface area contributed by atoms with Gasteiger partial charge in [-0.1, -0.05) is 13.0 Å². The molecule has 1 heterocycles. The molecule has 3 rings (SSSR count). The van der Waals surface area contributed by atoms with E-state index in [9.17, 15) is 14.4 Å². The van der Waals surface area contributed by atoms with Crippen molar-refractivity contribution in [1.82, 2.24) is 4.90 Å². The van der Waals surface area contributed by atoms with Gasteiger partial charge in [-0.2, -0.15) is 0 Å². The van der Waals surface area contributed by atoms with E-state index in [1.807, 2.05) is 4.90 Å². The average Bonchev–Trinajstić information content (AvgIpc) is 2.68. The molecule has 27 heavy (non-hydrogen) atoms. The average molecular weight is 364 g/mol. The SMILES string of the molecule is CC(=O)c1ccc(NC(=O)c2cccc(C(=O)N3CCCC(C)C3)c2)cc1. The Morgan fingerprint density at radius 3 is 2.37 bits per heavy atom. The van der Waals surface area contributed by atoms with E-state index in [-0.39, 0.29) is 17.6 Å². The van der Waals surface area contributed by atoms with Crippen LogP contribution in [-0.4, -0.2) is 35.6 Å². The van der Waals surface area contributed by atoms with E-state index in [0.717, 1.165) is 25.9 Å². The van der Waals surface area contributed by atoms with E-state index in [1.165, 1.54) is 6.92 Å². The fourth-order valence-electron chi connectivity index (χ4n) is 3.34. The largest absolute Gasteiger partial charge is 0.338 e. The molecule has 1 saturated heterocycles. The third-order valence-electron chi connectivity index (χ3n) is 4.87. The van der Waals surface area contributed by atoms with Gasteiger partial charge in [0.2, 0.25) is 0 Å². The summed E-state index contributed by atoms with van der Waals surface area (Å²) in [6.07, 6.45) is 2.16. The second-order valence-electron chi connectivity index (χ2n) is 7.17. The Bertz CT molecular complexity index is 858. The van der Waals surface area contributed by atoms with Crippen molar-refractivity contribution in [2.45, 2.75) is 26.7 Å². The zero-order chi connectivity index (χ0) is 19.4. The molecule has 1 N–H and O–H groups in total. The molecule has 0 aliphatic carbocycles. The number of nitrogens with zero attached hydrogens (tertiary/aromatic N) is 1. The van der Waals surface area contributed by atoms with Crippen LogP contribution < -0.4 is 5.32 Å². The predicted octanol–water partition coefficient (Wildman–Crippen LogP) is 4.01. The number of hydrogen-bond donors (Lipinski definition) is 1. The Morgan fingerprint density at radius 2 is 1.70 bits per heavy atom. The van der Waals surface area contributed by atoms with Crippen molar-refractivity contribution in [3.8, 4) is 0 Å². The monoisotopic (exact) mass is 364 g/mol. The summed E-state index contributed by atoms with van der Waals surface area (Å²) in [6.45, 7) is 5.18. The molecular formula is C22H24N2O3. The third kappa shape index (κ3) is 4.61. The highest BCUT2D eigenvalue weighted by Gasteiger charge is 2.22. The lowest BCUT2D eigenvalue weighted by atomic mass is 9.99. The summed E-state index contributed by atoms with van der Waals surface area (Å²) in [5, 5.41) is 2.80. The molecule has 2 aromatic carbocycles. The van der Waals surface area contributed by atoms with Crippen LogP contribution in [0, 0.1) is 5.92 Å². The first-order valence-electron chi connectivity index (χ1n) is 9.26. The smallest absolute Gasteiger partial charge is 0.255 e. The fourth-order valence-corrected chi connectivity index (χ4v) is 3.34. The summed E-state index contributed by atoms with van der Waals surface area (Å²) in [6, 6.07) is 13.5. The topological polar surface area (TPSA) is 66.5 Å². The molecule has 140 valence electrons. The minimum Gasteiger partial charge on any atom is -0.338 e. The number of benzene rings is 2. The van der Waals surface area contributed by atoms with Crippen molar-refractivity contribution in [3.05, 3.63) is 65.2 Å². The van der Waals surface area contributed by atoms with E-state index in [4.69, 9.17) is 0 Å². The standard InChI is InChI=1S/C22H24N2O3/c1-15-5-4-12-24(14-15)22(27)19-7-3-6-18(13-19)21(26)23-20-10-8-17(9-11-20)16(2)25/h3,6-11,13,15H,4-5,12,14H2,1-2H3,(H,23,26). The Hall–Kier alpha value is -2.95. The summed E-state index contributed by atoms with van der Waals surface area (Å²) in [5.74, 6) is 0.174. The molecule has 1 atom stereocenters. The van der Waals surface area contributed by atoms with Gasteiger partial charge in [0.05, 0.1) is 0 Å². The molecule has 0 saturated carbocycles. The number of amides is 2. The molecule has 1 aliphatic rings. The van der Waals surface area contributed by atoms with Crippen LogP contribution in [-0.2, 0) is 0 Å². The van der Waals surface area contributed by atoms with E-state index < -0.39 is 0 Å². The van der Waals surface area contributed by atoms with Crippen molar-refractivity contribution in [2.24, 2.45) is 5.92 Å². The van der Waals surface area contributed by atoms with Gasteiger partial charge in [-0.25, -0.2) is 0 Å². The molecule has 0 radical (unpaired) electrons. The lowest BCUT2D eigenvalue weighted by molar-refractivity contribution is 0.0683. The first kappa shape index (κ1) is 18.8. The highest BCUT2D eigenvalue weighted by molar-refractivity contribution is 6.06. The minimum atomic E-state index is -0.285. The van der Waals surface area contributed by atoms with Crippen molar-refractivity contribution >= 4 is 23.3 Å². The summed E-state index contributed by atoms with van der Waals surface area (Å²) in [5.41, 5.74) is 2.16. The molecule has 0 spiro atoms. The molecule has 1 aliphatic heterocycles. The van der Waals surface area contributed by atoms with Crippen molar-refractivity contribution in [1.29, 1.82) is 0 Å². The zero-order valence-electron chi connectivity index (χ0n) is 15.7. The van der Waals surface area contributed by atoms with Crippen molar-refractivity contribution in [2.75, 3.05) is 18.4 Å². The van der Waals surface area contributed by atoms with Gasteiger partial charge in [0.15, 0.2) is 5.78 Å². The van der Waals surface area contributed by atoms with Crippen molar-refractivity contribution < 1.29 is 14.4 Å². The van der Waals surface area contributed by atoms with Crippen LogP contribution in [0.15, 0.2) is 48.5 Å². The molecule has 5 nitrogen and oxygen atoms in total. The fraction of sp³-hybridized carbons (Fsp3) is 0.318. The Labute approximate surface area is 159 Å². The van der Waals surface area contributed by atoms with Gasteiger partial charge in [-0.3, -0.25) is 14.4 Å². The number of hydrogen-bond acceptors (Lipinski definition) is 3. The van der Waals surface area contributed by atoms with Gasteiger partial charge in [-0.05, 0) is 68.1 Å². The molecule has 5 heteroatoms. The summed E-state index contributed by atoms with van der Waals surface area (Å²) >= 11 is 0. The second-order valence-corrected chi connectivity index (χ2v) is 7.17. The molecule has 0 bridgehead atoms. The van der Waals surface area contributed by atoms with E-state index in [1.54, 1.807) is 48.5 Å². The number of likely N-dealkylation sites (tertiary alicyclic amines) is 1. The third-order valence-corrected chi connectivity index (χ3v) is 4.87. The van der Waals surface area contributed by atoms with Gasteiger partial charge in [0.1, 0.15) is 0 Å². The zero-order valence-corrected chi connectivity index (χ0v) is 15.7. The second kappa shape index (κ2) is 8.16. The molecule has 0 aromatic heterocycles. The summed E-state index contributed by atoms with van der Waals surface area (Å²) in [4.78, 5) is 38.5. The maximum atomic E-state index is 12.7. The number of nitrogens with one attached hydrogen (secondary N) is 1. The van der Waals surface area contributed by atoms with Gasteiger partial charge < -0.3 is 10.2 Å². The number of anilines is 1. The van der Waals surface area contributed by atoms with Gasteiger partial charge in [-0.15, -0.1) is 0 Å². The van der Waals surface area contributed by atoms with Crippen LogP contribution in [0.1, 0.15) is 57.8 Å². The van der Waals surface area contributed by atoms with Crippen LogP contribution in [0.4, 0.5) is 5.69 Å². The number of rotatable bonds is 4. The number of carbonyl (C=O) groups is 3. The van der Waals surface area contributed by atoms with Crippen LogP contribution in [0.2, 0.25) is 0 Å². The molecule has 1 unspecified atom stereocenters. The number of carbonyl (C=O) groups excluding carboxylic acids is 3.